The van der Waals surface area contributed by atoms with Crippen LogP contribution >= 0.6 is 23.2 Å². The highest BCUT2D eigenvalue weighted by Crippen LogP contribution is 2.32. The van der Waals surface area contributed by atoms with Crippen LogP contribution in [0, 0.1) is 0 Å². The molecular weight excluding hydrogens is 325 g/mol. The zero-order valence-electron chi connectivity index (χ0n) is 11.6. The fraction of sp³-hybridized carbons (Fsp3) is 0.188. The van der Waals surface area contributed by atoms with E-state index in [1.54, 1.807) is 36.4 Å². The molecule has 0 atom stereocenters. The number of rotatable bonds is 3. The first-order valence-electron chi connectivity index (χ1n) is 6.75. The molecule has 6 heteroatoms. The number of fused-ring (bicyclic) bond motifs is 1. The van der Waals surface area contributed by atoms with E-state index in [1.165, 1.54) is 0 Å². The van der Waals surface area contributed by atoms with Crippen LogP contribution in [0.5, 0.6) is 11.5 Å². The number of hydrogen-bond donors (Lipinski definition) is 1. The number of halogens is 2. The molecule has 1 amide bonds. The van der Waals surface area contributed by atoms with Crippen molar-refractivity contribution in [2.45, 2.75) is 6.42 Å². The summed E-state index contributed by atoms with van der Waals surface area (Å²) in [5.74, 6) is 1.18. The summed E-state index contributed by atoms with van der Waals surface area (Å²) in [6, 6.07) is 10.5. The largest absolute Gasteiger partial charge is 0.486 e. The van der Waals surface area contributed by atoms with E-state index in [0.717, 1.165) is 5.56 Å². The molecule has 3 rings (SSSR count). The maximum atomic E-state index is 12.1. The Kier molecular flexibility index (Phi) is 4.41. The first kappa shape index (κ1) is 15.0. The fourth-order valence-corrected chi connectivity index (χ4v) is 2.48. The first-order chi connectivity index (χ1) is 10.6. The minimum atomic E-state index is -0.143. The van der Waals surface area contributed by atoms with Gasteiger partial charge in [0.25, 0.3) is 0 Å². The Labute approximate surface area is 137 Å². The molecule has 1 aliphatic rings. The molecule has 0 saturated heterocycles. The standard InChI is InChI=1S/C16H13Cl2NO3/c17-12-3-1-10(7-13(12)18)8-16(20)19-11-2-4-14-15(9-11)22-6-5-21-14/h1-4,7,9H,5-6,8H2,(H,19,20). The van der Waals surface area contributed by atoms with Crippen LogP contribution in [0.25, 0.3) is 0 Å². The molecule has 0 bridgehead atoms. The minimum Gasteiger partial charge on any atom is -0.486 e. The Balaban J connectivity index is 1.67. The van der Waals surface area contributed by atoms with E-state index in [2.05, 4.69) is 5.32 Å². The Bertz CT molecular complexity index is 719. The Morgan fingerprint density at radius 2 is 1.77 bits per heavy atom. The van der Waals surface area contributed by atoms with Crippen LogP contribution in [0.4, 0.5) is 5.69 Å². The van der Waals surface area contributed by atoms with Gasteiger partial charge in [-0.2, -0.15) is 0 Å². The molecule has 22 heavy (non-hydrogen) atoms. The lowest BCUT2D eigenvalue weighted by Crippen LogP contribution is -2.17. The molecule has 1 N–H and O–H groups in total. The number of carbonyl (C=O) groups excluding carboxylic acids is 1. The van der Waals surface area contributed by atoms with Crippen molar-refractivity contribution in [1.82, 2.24) is 0 Å². The van der Waals surface area contributed by atoms with Crippen molar-refractivity contribution < 1.29 is 14.3 Å². The van der Waals surface area contributed by atoms with Gasteiger partial charge < -0.3 is 14.8 Å². The number of anilines is 1. The third-order valence-corrected chi connectivity index (χ3v) is 3.91. The number of nitrogens with one attached hydrogen (secondary N) is 1. The number of benzene rings is 2. The predicted molar refractivity (Wildman–Crippen MR) is 86.2 cm³/mol. The van der Waals surface area contributed by atoms with Crippen LogP contribution < -0.4 is 14.8 Å². The highest BCUT2D eigenvalue weighted by molar-refractivity contribution is 6.42. The molecule has 114 valence electrons. The minimum absolute atomic E-state index is 0.143. The molecule has 0 saturated carbocycles. The molecule has 0 aliphatic carbocycles. The molecule has 2 aromatic carbocycles. The molecule has 0 radical (unpaired) electrons. The van der Waals surface area contributed by atoms with E-state index >= 15 is 0 Å². The molecule has 1 heterocycles. The van der Waals surface area contributed by atoms with Crippen LogP contribution in [0.1, 0.15) is 5.56 Å². The van der Waals surface area contributed by atoms with Gasteiger partial charge in [-0.15, -0.1) is 0 Å². The summed E-state index contributed by atoms with van der Waals surface area (Å²) in [5.41, 5.74) is 1.46. The Morgan fingerprint density at radius 3 is 2.55 bits per heavy atom. The maximum Gasteiger partial charge on any atom is 0.228 e. The third kappa shape index (κ3) is 3.46. The summed E-state index contributed by atoms with van der Waals surface area (Å²) >= 11 is 11.8. The summed E-state index contributed by atoms with van der Waals surface area (Å²) in [7, 11) is 0. The van der Waals surface area contributed by atoms with Crippen molar-refractivity contribution in [3.63, 3.8) is 0 Å². The Hall–Kier alpha value is -1.91. The van der Waals surface area contributed by atoms with Crippen LogP contribution in [0.2, 0.25) is 10.0 Å². The number of ether oxygens (including phenoxy) is 2. The topological polar surface area (TPSA) is 47.6 Å². The van der Waals surface area contributed by atoms with Gasteiger partial charge in [-0.05, 0) is 29.8 Å². The number of hydrogen-bond acceptors (Lipinski definition) is 3. The smallest absolute Gasteiger partial charge is 0.228 e. The monoisotopic (exact) mass is 337 g/mol. The second-order valence-electron chi connectivity index (χ2n) is 4.83. The van der Waals surface area contributed by atoms with Crippen LogP contribution in [-0.4, -0.2) is 19.1 Å². The van der Waals surface area contributed by atoms with Crippen molar-refractivity contribution >= 4 is 34.8 Å². The van der Waals surface area contributed by atoms with Crippen molar-refractivity contribution in [1.29, 1.82) is 0 Å². The lowest BCUT2D eigenvalue weighted by molar-refractivity contribution is -0.115. The van der Waals surface area contributed by atoms with Crippen molar-refractivity contribution in [3.05, 3.63) is 52.0 Å². The second kappa shape index (κ2) is 6.46. The van der Waals surface area contributed by atoms with Gasteiger partial charge in [-0.1, -0.05) is 29.3 Å². The molecule has 0 aromatic heterocycles. The molecule has 1 aliphatic heterocycles. The van der Waals surface area contributed by atoms with Crippen LogP contribution in [0.3, 0.4) is 0 Å². The van der Waals surface area contributed by atoms with E-state index < -0.39 is 0 Å². The quantitative estimate of drug-likeness (QED) is 0.922. The summed E-state index contributed by atoms with van der Waals surface area (Å²) in [6.45, 7) is 1.05. The average molecular weight is 338 g/mol. The summed E-state index contributed by atoms with van der Waals surface area (Å²) in [5, 5.41) is 3.73. The fourth-order valence-electron chi connectivity index (χ4n) is 2.16. The lowest BCUT2D eigenvalue weighted by atomic mass is 10.1. The van der Waals surface area contributed by atoms with Gasteiger partial charge in [-0.25, -0.2) is 0 Å². The zero-order chi connectivity index (χ0) is 15.5. The molecule has 2 aromatic rings. The van der Waals surface area contributed by atoms with Crippen LogP contribution in [0.15, 0.2) is 36.4 Å². The molecule has 0 unspecified atom stereocenters. The summed E-state index contributed by atoms with van der Waals surface area (Å²) < 4.78 is 10.9. The highest BCUT2D eigenvalue weighted by Gasteiger charge is 2.13. The predicted octanol–water partition coefficient (Wildman–Crippen LogP) is 3.95. The Morgan fingerprint density at radius 1 is 1.00 bits per heavy atom. The van der Waals surface area contributed by atoms with Crippen molar-refractivity contribution in [2.75, 3.05) is 18.5 Å². The molecule has 0 spiro atoms. The molecule has 0 fully saturated rings. The lowest BCUT2D eigenvalue weighted by Gasteiger charge is -2.19. The zero-order valence-corrected chi connectivity index (χ0v) is 13.1. The van der Waals surface area contributed by atoms with E-state index in [4.69, 9.17) is 32.7 Å². The first-order valence-corrected chi connectivity index (χ1v) is 7.51. The van der Waals surface area contributed by atoms with Gasteiger partial charge in [0.05, 0.1) is 16.5 Å². The summed E-state index contributed by atoms with van der Waals surface area (Å²) in [4.78, 5) is 12.1. The van der Waals surface area contributed by atoms with Crippen molar-refractivity contribution in [2.24, 2.45) is 0 Å². The highest BCUT2D eigenvalue weighted by atomic mass is 35.5. The van der Waals surface area contributed by atoms with Gasteiger partial charge in [0, 0.05) is 11.8 Å². The molecule has 4 nitrogen and oxygen atoms in total. The summed E-state index contributed by atoms with van der Waals surface area (Å²) in [6.07, 6.45) is 0.214. The van der Waals surface area contributed by atoms with Crippen LogP contribution in [-0.2, 0) is 11.2 Å². The van der Waals surface area contributed by atoms with Crippen molar-refractivity contribution in [3.8, 4) is 11.5 Å². The second-order valence-corrected chi connectivity index (χ2v) is 5.65. The third-order valence-electron chi connectivity index (χ3n) is 3.17. The molecular formula is C16H13Cl2NO3. The van der Waals surface area contributed by atoms with Gasteiger partial charge in [0.15, 0.2) is 11.5 Å². The van der Waals surface area contributed by atoms with E-state index in [9.17, 15) is 4.79 Å². The number of amides is 1. The van der Waals surface area contributed by atoms with Gasteiger partial charge in [-0.3, -0.25) is 4.79 Å². The maximum absolute atomic E-state index is 12.1. The van der Waals surface area contributed by atoms with E-state index in [1.807, 2.05) is 0 Å². The van der Waals surface area contributed by atoms with Gasteiger partial charge in [0.2, 0.25) is 5.91 Å². The average Bonchev–Trinajstić information content (AvgIpc) is 2.51. The van der Waals surface area contributed by atoms with Gasteiger partial charge >= 0.3 is 0 Å². The van der Waals surface area contributed by atoms with E-state index in [0.29, 0.717) is 40.4 Å². The van der Waals surface area contributed by atoms with Gasteiger partial charge in [0.1, 0.15) is 13.2 Å². The van der Waals surface area contributed by atoms with E-state index in [-0.39, 0.29) is 12.3 Å². The SMILES string of the molecule is O=C(Cc1ccc(Cl)c(Cl)c1)Nc1ccc2c(c1)OCCO2. The number of carbonyl (C=O) groups is 1. The normalized spacial score (nSPS) is 12.8.